The van der Waals surface area contributed by atoms with Gasteiger partial charge < -0.3 is 5.73 Å². The first-order valence-electron chi connectivity index (χ1n) is 6.57. The molecule has 19 heavy (non-hydrogen) atoms. The van der Waals surface area contributed by atoms with Crippen molar-refractivity contribution >= 4 is 11.6 Å². The number of pyridine rings is 1. The molecule has 5 heteroatoms. The van der Waals surface area contributed by atoms with Crippen LogP contribution in [0.1, 0.15) is 37.0 Å². The molecule has 0 saturated heterocycles. The number of aromatic nitrogens is 3. The summed E-state index contributed by atoms with van der Waals surface area (Å²) in [4.78, 5) is 4.29. The maximum atomic E-state index is 6.38. The highest BCUT2D eigenvalue weighted by molar-refractivity contribution is 6.31. The Labute approximate surface area is 118 Å². The van der Waals surface area contributed by atoms with Gasteiger partial charge >= 0.3 is 0 Å². The van der Waals surface area contributed by atoms with Crippen LogP contribution in [-0.4, -0.2) is 14.8 Å². The number of aryl methyl sites for hydroxylation is 2. The minimum absolute atomic E-state index is 0.162. The summed E-state index contributed by atoms with van der Waals surface area (Å²) in [5.41, 5.74) is 9.02. The van der Waals surface area contributed by atoms with E-state index in [2.05, 4.69) is 23.9 Å². The Bertz CT molecular complexity index is 536. The SMILES string of the molecule is CCc1nn(CC)c(CC(N)c2ccccn2)c1Cl. The lowest BCUT2D eigenvalue weighted by atomic mass is 10.1. The quantitative estimate of drug-likeness (QED) is 0.915. The van der Waals surface area contributed by atoms with Crippen LogP contribution in [0, 0.1) is 0 Å². The molecule has 0 aromatic carbocycles. The van der Waals surface area contributed by atoms with Crippen LogP contribution in [0.4, 0.5) is 0 Å². The largest absolute Gasteiger partial charge is 0.322 e. The lowest BCUT2D eigenvalue weighted by molar-refractivity contribution is 0.580. The maximum absolute atomic E-state index is 6.38. The van der Waals surface area contributed by atoms with Crippen LogP contribution in [0.5, 0.6) is 0 Å². The van der Waals surface area contributed by atoms with Crippen molar-refractivity contribution in [3.05, 3.63) is 46.5 Å². The fraction of sp³-hybridized carbons (Fsp3) is 0.429. The molecule has 1 unspecified atom stereocenters. The van der Waals surface area contributed by atoms with E-state index in [4.69, 9.17) is 17.3 Å². The van der Waals surface area contributed by atoms with Gasteiger partial charge in [-0.3, -0.25) is 9.67 Å². The average Bonchev–Trinajstić information content (AvgIpc) is 2.76. The van der Waals surface area contributed by atoms with Gasteiger partial charge in [0.1, 0.15) is 0 Å². The van der Waals surface area contributed by atoms with Gasteiger partial charge in [-0.25, -0.2) is 0 Å². The molecule has 1 atom stereocenters. The van der Waals surface area contributed by atoms with Gasteiger partial charge in [0.05, 0.1) is 28.1 Å². The first-order valence-corrected chi connectivity index (χ1v) is 6.95. The minimum atomic E-state index is -0.162. The van der Waals surface area contributed by atoms with Gasteiger partial charge in [0.25, 0.3) is 0 Å². The molecule has 2 rings (SSSR count). The summed E-state index contributed by atoms with van der Waals surface area (Å²) in [5, 5.41) is 5.25. The van der Waals surface area contributed by atoms with Crippen molar-refractivity contribution < 1.29 is 0 Å². The normalized spacial score (nSPS) is 12.6. The molecule has 0 bridgehead atoms. The second kappa shape index (κ2) is 6.17. The highest BCUT2D eigenvalue weighted by Crippen LogP contribution is 2.25. The molecule has 0 aliphatic heterocycles. The number of nitrogens with zero attached hydrogens (tertiary/aromatic N) is 3. The number of rotatable bonds is 5. The van der Waals surface area contributed by atoms with E-state index in [-0.39, 0.29) is 6.04 Å². The third-order valence-electron chi connectivity index (χ3n) is 3.18. The molecular weight excluding hydrogens is 260 g/mol. The molecule has 0 aliphatic carbocycles. The van der Waals surface area contributed by atoms with E-state index < -0.39 is 0 Å². The molecule has 0 saturated carbocycles. The summed E-state index contributed by atoms with van der Waals surface area (Å²) in [6.07, 6.45) is 3.24. The van der Waals surface area contributed by atoms with Gasteiger partial charge in [0.15, 0.2) is 0 Å². The first-order chi connectivity index (χ1) is 9.17. The Kier molecular flexibility index (Phi) is 4.56. The van der Waals surface area contributed by atoms with E-state index in [1.165, 1.54) is 0 Å². The molecule has 2 heterocycles. The molecule has 102 valence electrons. The van der Waals surface area contributed by atoms with E-state index in [1.807, 2.05) is 22.9 Å². The summed E-state index contributed by atoms with van der Waals surface area (Å²) in [5.74, 6) is 0. The van der Waals surface area contributed by atoms with E-state index in [0.717, 1.165) is 35.1 Å². The molecule has 2 aromatic rings. The fourth-order valence-corrected chi connectivity index (χ4v) is 2.47. The van der Waals surface area contributed by atoms with Gasteiger partial charge in [-0.1, -0.05) is 24.6 Å². The van der Waals surface area contributed by atoms with Crippen molar-refractivity contribution in [2.24, 2.45) is 5.73 Å². The standard InChI is InChI=1S/C14H19ClN4/c1-3-11-14(15)13(19(4-2)18-11)9-10(16)12-7-5-6-8-17-12/h5-8,10H,3-4,9,16H2,1-2H3. The number of hydrogen-bond acceptors (Lipinski definition) is 3. The third kappa shape index (κ3) is 2.96. The van der Waals surface area contributed by atoms with Gasteiger partial charge in [0.2, 0.25) is 0 Å². The average molecular weight is 279 g/mol. The first kappa shape index (κ1) is 14.0. The number of nitrogens with two attached hydrogens (primary N) is 1. The lowest BCUT2D eigenvalue weighted by Crippen LogP contribution is -2.17. The molecule has 2 aromatic heterocycles. The van der Waals surface area contributed by atoms with Crippen LogP contribution in [-0.2, 0) is 19.4 Å². The van der Waals surface area contributed by atoms with Gasteiger partial charge in [-0.2, -0.15) is 5.10 Å². The summed E-state index contributed by atoms with van der Waals surface area (Å²) >= 11 is 6.38. The van der Waals surface area contributed by atoms with Crippen LogP contribution < -0.4 is 5.73 Å². The van der Waals surface area contributed by atoms with Gasteiger partial charge in [-0.15, -0.1) is 0 Å². The zero-order valence-corrected chi connectivity index (χ0v) is 12.1. The van der Waals surface area contributed by atoms with Crippen molar-refractivity contribution in [1.29, 1.82) is 0 Å². The summed E-state index contributed by atoms with van der Waals surface area (Å²) in [7, 11) is 0. The van der Waals surface area contributed by atoms with Crippen molar-refractivity contribution in [3.8, 4) is 0 Å². The predicted octanol–water partition coefficient (Wildman–Crippen LogP) is 2.76. The lowest BCUT2D eigenvalue weighted by Gasteiger charge is -2.12. The molecule has 0 radical (unpaired) electrons. The van der Waals surface area contributed by atoms with Gasteiger partial charge in [0, 0.05) is 19.2 Å². The summed E-state index contributed by atoms with van der Waals surface area (Å²) in [6.45, 7) is 4.90. The highest BCUT2D eigenvalue weighted by Gasteiger charge is 2.18. The number of hydrogen-bond donors (Lipinski definition) is 1. The van der Waals surface area contributed by atoms with E-state index in [0.29, 0.717) is 6.42 Å². The third-order valence-corrected chi connectivity index (χ3v) is 3.61. The Morgan fingerprint density at radius 3 is 2.74 bits per heavy atom. The molecule has 0 aliphatic rings. The molecule has 2 N–H and O–H groups in total. The predicted molar refractivity (Wildman–Crippen MR) is 77.2 cm³/mol. The van der Waals surface area contributed by atoms with Crippen LogP contribution in [0.15, 0.2) is 24.4 Å². The minimum Gasteiger partial charge on any atom is -0.322 e. The number of halogens is 1. The Balaban J connectivity index is 2.26. The Morgan fingerprint density at radius 2 is 2.16 bits per heavy atom. The summed E-state index contributed by atoms with van der Waals surface area (Å²) in [6, 6.07) is 5.60. The molecule has 0 amide bonds. The van der Waals surface area contributed by atoms with E-state index >= 15 is 0 Å². The van der Waals surface area contributed by atoms with Crippen LogP contribution in [0.2, 0.25) is 5.02 Å². The highest BCUT2D eigenvalue weighted by atomic mass is 35.5. The molecule has 0 fully saturated rings. The second-order valence-electron chi connectivity index (χ2n) is 4.44. The molecule has 0 spiro atoms. The van der Waals surface area contributed by atoms with E-state index in [9.17, 15) is 0 Å². The van der Waals surface area contributed by atoms with Gasteiger partial charge in [-0.05, 0) is 25.5 Å². The zero-order chi connectivity index (χ0) is 13.8. The van der Waals surface area contributed by atoms with Crippen molar-refractivity contribution in [1.82, 2.24) is 14.8 Å². The van der Waals surface area contributed by atoms with E-state index in [1.54, 1.807) is 6.20 Å². The Morgan fingerprint density at radius 1 is 1.37 bits per heavy atom. The fourth-order valence-electron chi connectivity index (χ4n) is 2.12. The van der Waals surface area contributed by atoms with Crippen LogP contribution in [0.3, 0.4) is 0 Å². The zero-order valence-electron chi connectivity index (χ0n) is 11.3. The van der Waals surface area contributed by atoms with Crippen LogP contribution in [0.25, 0.3) is 0 Å². The Hall–Kier alpha value is -1.39. The molecular formula is C14H19ClN4. The summed E-state index contributed by atoms with van der Waals surface area (Å²) < 4.78 is 1.93. The topological polar surface area (TPSA) is 56.7 Å². The van der Waals surface area contributed by atoms with Crippen LogP contribution >= 0.6 is 11.6 Å². The van der Waals surface area contributed by atoms with Crippen molar-refractivity contribution in [2.75, 3.05) is 0 Å². The monoisotopic (exact) mass is 278 g/mol. The smallest absolute Gasteiger partial charge is 0.0850 e. The second-order valence-corrected chi connectivity index (χ2v) is 4.82. The molecule has 4 nitrogen and oxygen atoms in total. The van der Waals surface area contributed by atoms with Crippen molar-refractivity contribution in [3.63, 3.8) is 0 Å². The maximum Gasteiger partial charge on any atom is 0.0850 e. The van der Waals surface area contributed by atoms with Crippen molar-refractivity contribution in [2.45, 2.75) is 39.3 Å².